The fourth-order valence-electron chi connectivity index (χ4n) is 2.13. The van der Waals surface area contributed by atoms with Gasteiger partial charge in [0.1, 0.15) is 11.3 Å². The Kier molecular flexibility index (Phi) is 3.16. The SMILES string of the molecule is O=c1cc(C(F)(F)F)oc2cc(-c3ccc(O)cc3)ccc12. The second-order valence-corrected chi connectivity index (χ2v) is 4.73. The van der Waals surface area contributed by atoms with Crippen molar-refractivity contribution in [2.75, 3.05) is 0 Å². The van der Waals surface area contributed by atoms with E-state index >= 15 is 0 Å². The van der Waals surface area contributed by atoms with Crippen LogP contribution in [0.1, 0.15) is 5.76 Å². The van der Waals surface area contributed by atoms with Gasteiger partial charge in [-0.25, -0.2) is 0 Å². The highest BCUT2D eigenvalue weighted by molar-refractivity contribution is 5.82. The van der Waals surface area contributed by atoms with Crippen LogP contribution in [-0.4, -0.2) is 5.11 Å². The van der Waals surface area contributed by atoms with Gasteiger partial charge in [0.05, 0.1) is 5.39 Å². The van der Waals surface area contributed by atoms with Crippen LogP contribution in [0, 0.1) is 0 Å². The Morgan fingerprint density at radius 3 is 2.18 bits per heavy atom. The molecule has 0 radical (unpaired) electrons. The quantitative estimate of drug-likeness (QED) is 0.733. The first kappa shape index (κ1) is 14.2. The van der Waals surface area contributed by atoms with Gasteiger partial charge in [-0.1, -0.05) is 18.2 Å². The molecule has 0 saturated carbocycles. The summed E-state index contributed by atoms with van der Waals surface area (Å²) in [6.07, 6.45) is -4.72. The van der Waals surface area contributed by atoms with Crippen LogP contribution in [0.25, 0.3) is 22.1 Å². The maximum Gasteiger partial charge on any atom is 0.449 e. The van der Waals surface area contributed by atoms with Gasteiger partial charge in [-0.15, -0.1) is 0 Å². The summed E-state index contributed by atoms with van der Waals surface area (Å²) >= 11 is 0. The Labute approximate surface area is 122 Å². The Hall–Kier alpha value is -2.76. The zero-order chi connectivity index (χ0) is 15.9. The third-order valence-corrected chi connectivity index (χ3v) is 3.21. The molecule has 3 aromatic rings. The number of aromatic hydroxyl groups is 1. The smallest absolute Gasteiger partial charge is 0.449 e. The summed E-state index contributed by atoms with van der Waals surface area (Å²) < 4.78 is 42.9. The Balaban J connectivity index is 2.20. The van der Waals surface area contributed by atoms with Gasteiger partial charge < -0.3 is 9.52 Å². The molecular weight excluding hydrogens is 297 g/mol. The van der Waals surface area contributed by atoms with E-state index in [4.69, 9.17) is 4.42 Å². The van der Waals surface area contributed by atoms with Crippen molar-refractivity contribution in [1.29, 1.82) is 0 Å². The van der Waals surface area contributed by atoms with Gasteiger partial charge in [-0.05, 0) is 35.4 Å². The summed E-state index contributed by atoms with van der Waals surface area (Å²) in [4.78, 5) is 11.7. The molecule has 1 heterocycles. The van der Waals surface area contributed by atoms with Crippen molar-refractivity contribution in [1.82, 2.24) is 0 Å². The monoisotopic (exact) mass is 306 g/mol. The fourth-order valence-corrected chi connectivity index (χ4v) is 2.13. The number of phenols is 1. The van der Waals surface area contributed by atoms with Crippen LogP contribution < -0.4 is 5.43 Å². The van der Waals surface area contributed by atoms with Crippen molar-refractivity contribution in [3.8, 4) is 16.9 Å². The van der Waals surface area contributed by atoms with E-state index in [0.29, 0.717) is 17.2 Å². The topological polar surface area (TPSA) is 50.4 Å². The van der Waals surface area contributed by atoms with E-state index in [-0.39, 0.29) is 16.7 Å². The van der Waals surface area contributed by atoms with Gasteiger partial charge in [-0.2, -0.15) is 13.2 Å². The van der Waals surface area contributed by atoms with Crippen LogP contribution in [0.3, 0.4) is 0 Å². The van der Waals surface area contributed by atoms with Crippen molar-refractivity contribution < 1.29 is 22.7 Å². The standard InChI is InChI=1S/C16H9F3O3/c17-16(18,19)15-8-13(21)12-6-3-10(7-14(12)22-15)9-1-4-11(20)5-2-9/h1-8,20H. The minimum atomic E-state index is -4.72. The van der Waals surface area contributed by atoms with E-state index in [1.165, 1.54) is 24.3 Å². The van der Waals surface area contributed by atoms with E-state index < -0.39 is 17.4 Å². The maximum absolute atomic E-state index is 12.7. The van der Waals surface area contributed by atoms with Gasteiger partial charge in [0.15, 0.2) is 5.43 Å². The average Bonchev–Trinajstić information content (AvgIpc) is 2.46. The highest BCUT2D eigenvalue weighted by Gasteiger charge is 2.34. The molecule has 6 heteroatoms. The van der Waals surface area contributed by atoms with Crippen molar-refractivity contribution in [3.63, 3.8) is 0 Å². The summed E-state index contributed by atoms with van der Waals surface area (Å²) in [5.74, 6) is -1.25. The molecule has 0 bridgehead atoms. The second kappa shape index (κ2) is 4.91. The third-order valence-electron chi connectivity index (χ3n) is 3.21. The van der Waals surface area contributed by atoms with Crippen LogP contribution in [0.4, 0.5) is 13.2 Å². The molecular formula is C16H9F3O3. The van der Waals surface area contributed by atoms with Crippen LogP contribution in [0.15, 0.2) is 57.7 Å². The van der Waals surface area contributed by atoms with E-state index in [1.807, 2.05) is 0 Å². The van der Waals surface area contributed by atoms with Crippen molar-refractivity contribution >= 4 is 11.0 Å². The zero-order valence-electron chi connectivity index (χ0n) is 11.0. The lowest BCUT2D eigenvalue weighted by molar-refractivity contribution is -0.152. The van der Waals surface area contributed by atoms with Gasteiger partial charge in [0.25, 0.3) is 0 Å². The Morgan fingerprint density at radius 2 is 1.55 bits per heavy atom. The van der Waals surface area contributed by atoms with Crippen LogP contribution in [0.5, 0.6) is 5.75 Å². The predicted octanol–water partition coefficient (Wildman–Crippen LogP) is 4.18. The lowest BCUT2D eigenvalue weighted by Gasteiger charge is -2.08. The number of rotatable bonds is 1. The number of phenolic OH excluding ortho intramolecular Hbond substituents is 1. The largest absolute Gasteiger partial charge is 0.508 e. The predicted molar refractivity (Wildman–Crippen MR) is 74.6 cm³/mol. The van der Waals surface area contributed by atoms with Crippen LogP contribution >= 0.6 is 0 Å². The molecule has 0 amide bonds. The maximum atomic E-state index is 12.7. The third kappa shape index (κ3) is 2.55. The molecule has 3 rings (SSSR count). The highest BCUT2D eigenvalue weighted by Crippen LogP contribution is 2.31. The van der Waals surface area contributed by atoms with E-state index in [1.54, 1.807) is 18.2 Å². The fraction of sp³-hybridized carbons (Fsp3) is 0.0625. The first-order valence-electron chi connectivity index (χ1n) is 6.29. The van der Waals surface area contributed by atoms with Crippen LogP contribution in [0.2, 0.25) is 0 Å². The van der Waals surface area contributed by atoms with Crippen molar-refractivity contribution in [2.24, 2.45) is 0 Å². The van der Waals surface area contributed by atoms with E-state index in [0.717, 1.165) is 0 Å². The molecule has 0 spiro atoms. The molecule has 0 aliphatic carbocycles. The molecule has 0 saturated heterocycles. The molecule has 2 aromatic carbocycles. The summed E-state index contributed by atoms with van der Waals surface area (Å²) in [7, 11) is 0. The average molecular weight is 306 g/mol. The lowest BCUT2D eigenvalue weighted by Crippen LogP contribution is -2.10. The molecule has 22 heavy (non-hydrogen) atoms. The summed E-state index contributed by atoms with van der Waals surface area (Å²) in [5.41, 5.74) is 0.381. The summed E-state index contributed by atoms with van der Waals surface area (Å²) in [6.45, 7) is 0. The molecule has 112 valence electrons. The molecule has 1 N–H and O–H groups in total. The minimum absolute atomic E-state index is 0.0791. The second-order valence-electron chi connectivity index (χ2n) is 4.73. The lowest BCUT2D eigenvalue weighted by atomic mass is 10.0. The number of benzene rings is 2. The van der Waals surface area contributed by atoms with E-state index in [2.05, 4.69) is 0 Å². The minimum Gasteiger partial charge on any atom is -0.508 e. The Morgan fingerprint density at radius 1 is 0.909 bits per heavy atom. The van der Waals surface area contributed by atoms with Crippen molar-refractivity contribution in [3.05, 3.63) is 64.5 Å². The molecule has 0 aliphatic heterocycles. The highest BCUT2D eigenvalue weighted by atomic mass is 19.4. The molecule has 0 aliphatic rings. The molecule has 0 atom stereocenters. The summed E-state index contributed by atoms with van der Waals surface area (Å²) in [5, 5.41) is 9.33. The van der Waals surface area contributed by atoms with E-state index in [9.17, 15) is 23.1 Å². The molecule has 3 nitrogen and oxygen atoms in total. The Bertz CT molecular complexity index is 893. The number of halogens is 3. The normalized spacial score (nSPS) is 11.8. The molecule has 1 aromatic heterocycles. The molecule has 0 unspecified atom stereocenters. The first-order chi connectivity index (χ1) is 10.3. The number of hydrogen-bond acceptors (Lipinski definition) is 3. The number of fused-ring (bicyclic) bond motifs is 1. The van der Waals surface area contributed by atoms with Crippen molar-refractivity contribution in [2.45, 2.75) is 6.18 Å². The van der Waals surface area contributed by atoms with Crippen LogP contribution in [-0.2, 0) is 6.18 Å². The first-order valence-corrected chi connectivity index (χ1v) is 6.29. The van der Waals surface area contributed by atoms with Gasteiger partial charge in [-0.3, -0.25) is 4.79 Å². The molecule has 0 fully saturated rings. The number of alkyl halides is 3. The van der Waals surface area contributed by atoms with Gasteiger partial charge in [0.2, 0.25) is 5.76 Å². The van der Waals surface area contributed by atoms with Gasteiger partial charge in [0, 0.05) is 6.07 Å². The number of hydrogen-bond donors (Lipinski definition) is 1. The van der Waals surface area contributed by atoms with Gasteiger partial charge >= 0.3 is 6.18 Å². The summed E-state index contributed by atoms with van der Waals surface area (Å²) in [6, 6.07) is 11.0. The zero-order valence-corrected chi connectivity index (χ0v) is 11.0.